The normalized spacial score (nSPS) is 23.1. The topological polar surface area (TPSA) is 83.0 Å². The molecule has 34 heavy (non-hydrogen) atoms. The molecule has 0 bridgehead atoms. The van der Waals surface area contributed by atoms with Crippen molar-refractivity contribution >= 4 is 10.0 Å². The predicted octanol–water partition coefficient (Wildman–Crippen LogP) is 2.74. The molecule has 3 atom stereocenters. The predicted molar refractivity (Wildman–Crippen MR) is 131 cm³/mol. The summed E-state index contributed by atoms with van der Waals surface area (Å²) in [7, 11) is -1.84. The van der Waals surface area contributed by atoms with Crippen LogP contribution in [0.3, 0.4) is 0 Å². The minimum absolute atomic E-state index is 0.107. The molecule has 8 heteroatoms. The Kier molecular flexibility index (Phi) is 7.58. The van der Waals surface area contributed by atoms with Gasteiger partial charge in [-0.3, -0.25) is 9.88 Å². The van der Waals surface area contributed by atoms with Crippen molar-refractivity contribution in [2.45, 2.75) is 50.3 Å². The summed E-state index contributed by atoms with van der Waals surface area (Å²) in [4.78, 5) is 6.66. The maximum Gasteiger partial charge on any atom is 0.247 e. The van der Waals surface area contributed by atoms with Crippen LogP contribution in [0.25, 0.3) is 0 Å². The van der Waals surface area contributed by atoms with Gasteiger partial charge in [0.25, 0.3) is 0 Å². The molecule has 4 rings (SSSR count). The summed E-state index contributed by atoms with van der Waals surface area (Å²) in [5.41, 5.74) is 1.70. The number of aliphatic hydroxyl groups excluding tert-OH is 1. The van der Waals surface area contributed by atoms with Crippen molar-refractivity contribution in [1.82, 2.24) is 14.2 Å². The third-order valence-electron chi connectivity index (χ3n) is 6.31. The van der Waals surface area contributed by atoms with Crippen LogP contribution in [0.5, 0.6) is 5.75 Å². The number of pyridine rings is 1. The van der Waals surface area contributed by atoms with Crippen LogP contribution in [0, 0.1) is 23.7 Å². The van der Waals surface area contributed by atoms with Crippen molar-refractivity contribution in [3.05, 3.63) is 53.9 Å². The largest absolute Gasteiger partial charge is 0.487 e. The number of ether oxygens (including phenoxy) is 1. The number of hydrogen-bond donors (Lipinski definition) is 1. The van der Waals surface area contributed by atoms with Crippen molar-refractivity contribution in [1.29, 1.82) is 0 Å². The first-order valence-electron chi connectivity index (χ1n) is 11.8. The number of aromatic nitrogens is 1. The quantitative estimate of drug-likeness (QED) is 0.637. The summed E-state index contributed by atoms with van der Waals surface area (Å²) in [6, 6.07) is 10.4. The van der Waals surface area contributed by atoms with E-state index in [1.54, 1.807) is 31.3 Å². The van der Waals surface area contributed by atoms with Crippen LogP contribution < -0.4 is 4.74 Å². The number of rotatable bonds is 6. The SMILES string of the molecule is C[C@@H]1CN([C@H](C)CO)S(=O)(=O)c2ccc(C#CC3CC3)cc2O[C@@H]1CN(C)Cc1ccccn1. The highest BCUT2D eigenvalue weighted by atomic mass is 32.2. The van der Waals surface area contributed by atoms with Gasteiger partial charge in [-0.2, -0.15) is 4.31 Å². The molecule has 1 fully saturated rings. The van der Waals surface area contributed by atoms with Gasteiger partial charge in [0.15, 0.2) is 0 Å². The lowest BCUT2D eigenvalue weighted by atomic mass is 10.0. The fraction of sp³-hybridized carbons (Fsp3) is 0.500. The highest BCUT2D eigenvalue weighted by molar-refractivity contribution is 7.89. The third-order valence-corrected chi connectivity index (χ3v) is 8.33. The second kappa shape index (κ2) is 10.4. The van der Waals surface area contributed by atoms with Gasteiger partial charge in [-0.25, -0.2) is 8.42 Å². The lowest BCUT2D eigenvalue weighted by Gasteiger charge is -2.37. The minimum atomic E-state index is -3.85. The lowest BCUT2D eigenvalue weighted by molar-refractivity contribution is 0.0730. The van der Waals surface area contributed by atoms with Crippen molar-refractivity contribution in [3.8, 4) is 17.6 Å². The summed E-state index contributed by atoms with van der Waals surface area (Å²) in [6.45, 7) is 4.97. The average molecular weight is 484 g/mol. The number of nitrogens with zero attached hydrogens (tertiary/aromatic N) is 3. The van der Waals surface area contributed by atoms with Gasteiger partial charge in [0.1, 0.15) is 16.7 Å². The number of likely N-dealkylation sites (N-methyl/N-ethyl adjacent to an activating group) is 1. The Balaban J connectivity index is 1.66. The summed E-state index contributed by atoms with van der Waals surface area (Å²) < 4.78 is 34.9. The van der Waals surface area contributed by atoms with E-state index >= 15 is 0 Å². The molecule has 0 spiro atoms. The molecular formula is C26H33N3O4S. The number of sulfonamides is 1. The molecular weight excluding hydrogens is 450 g/mol. The summed E-state index contributed by atoms with van der Waals surface area (Å²) in [5.74, 6) is 7.06. The van der Waals surface area contributed by atoms with Gasteiger partial charge in [-0.05, 0) is 57.1 Å². The zero-order valence-corrected chi connectivity index (χ0v) is 20.8. The summed E-state index contributed by atoms with van der Waals surface area (Å²) in [6.07, 6.45) is 3.76. The first kappa shape index (κ1) is 24.7. The lowest BCUT2D eigenvalue weighted by Crippen LogP contribution is -2.49. The Morgan fingerprint density at radius 3 is 2.76 bits per heavy atom. The van der Waals surface area contributed by atoms with Crippen LogP contribution in [0.15, 0.2) is 47.5 Å². The van der Waals surface area contributed by atoms with E-state index in [1.807, 2.05) is 32.2 Å². The van der Waals surface area contributed by atoms with E-state index in [-0.39, 0.29) is 30.1 Å². The van der Waals surface area contributed by atoms with Gasteiger partial charge >= 0.3 is 0 Å². The van der Waals surface area contributed by atoms with Crippen molar-refractivity contribution in [2.24, 2.45) is 11.8 Å². The number of benzene rings is 1. The van der Waals surface area contributed by atoms with E-state index in [1.165, 1.54) is 4.31 Å². The molecule has 0 unspecified atom stereocenters. The van der Waals surface area contributed by atoms with Gasteiger partial charge < -0.3 is 9.84 Å². The Morgan fingerprint density at radius 1 is 1.29 bits per heavy atom. The van der Waals surface area contributed by atoms with E-state index in [9.17, 15) is 13.5 Å². The molecule has 0 amide bonds. The molecule has 0 radical (unpaired) electrons. The molecule has 182 valence electrons. The number of aliphatic hydroxyl groups is 1. The van der Waals surface area contributed by atoms with Crippen LogP contribution in [-0.4, -0.2) is 66.6 Å². The van der Waals surface area contributed by atoms with Gasteiger partial charge in [0, 0.05) is 49.3 Å². The molecule has 7 nitrogen and oxygen atoms in total. The molecule has 2 aliphatic rings. The Morgan fingerprint density at radius 2 is 2.09 bits per heavy atom. The van der Waals surface area contributed by atoms with E-state index < -0.39 is 16.1 Å². The van der Waals surface area contributed by atoms with Crippen LogP contribution in [-0.2, 0) is 16.6 Å². The molecule has 1 aliphatic carbocycles. The summed E-state index contributed by atoms with van der Waals surface area (Å²) in [5, 5.41) is 9.79. The van der Waals surface area contributed by atoms with Crippen LogP contribution in [0.1, 0.15) is 37.9 Å². The monoisotopic (exact) mass is 483 g/mol. The zero-order chi connectivity index (χ0) is 24.3. The fourth-order valence-electron chi connectivity index (χ4n) is 4.07. The van der Waals surface area contributed by atoms with E-state index in [0.29, 0.717) is 24.8 Å². The van der Waals surface area contributed by atoms with Crippen LogP contribution in [0.2, 0.25) is 0 Å². The fourth-order valence-corrected chi connectivity index (χ4v) is 5.90. The average Bonchev–Trinajstić information content (AvgIpc) is 3.64. The molecule has 2 aromatic rings. The smallest absolute Gasteiger partial charge is 0.247 e. The number of fused-ring (bicyclic) bond motifs is 1. The van der Waals surface area contributed by atoms with E-state index in [4.69, 9.17) is 4.74 Å². The Hall–Kier alpha value is -2.44. The maximum atomic E-state index is 13.6. The molecule has 1 saturated carbocycles. The maximum absolute atomic E-state index is 13.6. The van der Waals surface area contributed by atoms with Crippen molar-refractivity contribution in [2.75, 3.05) is 26.7 Å². The number of hydrogen-bond acceptors (Lipinski definition) is 6. The summed E-state index contributed by atoms with van der Waals surface area (Å²) >= 11 is 0. The molecule has 1 aliphatic heterocycles. The highest BCUT2D eigenvalue weighted by Crippen LogP contribution is 2.34. The zero-order valence-electron chi connectivity index (χ0n) is 20.0. The molecule has 0 saturated heterocycles. The van der Waals surface area contributed by atoms with Crippen LogP contribution >= 0.6 is 0 Å². The Labute approximate surface area is 202 Å². The van der Waals surface area contributed by atoms with Crippen molar-refractivity contribution in [3.63, 3.8) is 0 Å². The molecule has 2 heterocycles. The second-order valence-electron chi connectivity index (χ2n) is 9.46. The first-order chi connectivity index (χ1) is 16.3. The van der Waals surface area contributed by atoms with E-state index in [0.717, 1.165) is 24.1 Å². The van der Waals surface area contributed by atoms with Crippen molar-refractivity contribution < 1.29 is 18.3 Å². The highest BCUT2D eigenvalue weighted by Gasteiger charge is 2.38. The standard InChI is InChI=1S/C26H33N3O4S/c1-19-15-29(20(2)18-30)34(31,32)26-12-11-22(10-9-21-7-8-21)14-24(26)33-25(19)17-28(3)16-23-6-4-5-13-27-23/h4-6,11-14,19-21,25,30H,7-8,15-18H2,1-3H3/t19-,20-,25-/m1/s1. The van der Waals surface area contributed by atoms with Gasteiger partial charge in [0.2, 0.25) is 10.0 Å². The molecule has 1 aromatic carbocycles. The molecule has 1 N–H and O–H groups in total. The van der Waals surface area contributed by atoms with Gasteiger partial charge in [-0.15, -0.1) is 0 Å². The first-order valence-corrected chi connectivity index (χ1v) is 13.3. The Bertz CT molecular complexity index is 1160. The minimum Gasteiger partial charge on any atom is -0.487 e. The third kappa shape index (κ3) is 5.78. The second-order valence-corrected chi connectivity index (χ2v) is 11.3. The molecule has 1 aromatic heterocycles. The van der Waals surface area contributed by atoms with E-state index in [2.05, 4.69) is 21.7 Å². The van der Waals surface area contributed by atoms with Crippen LogP contribution in [0.4, 0.5) is 0 Å². The van der Waals surface area contributed by atoms with Gasteiger partial charge in [-0.1, -0.05) is 24.8 Å². The van der Waals surface area contributed by atoms with Gasteiger partial charge in [0.05, 0.1) is 12.3 Å².